The number of aliphatic carboxylic acids is 1. The zero-order valence-corrected chi connectivity index (χ0v) is 15.0. The molecular formula is C18H27N3O4. The van der Waals surface area contributed by atoms with Gasteiger partial charge in [-0.1, -0.05) is 0 Å². The third kappa shape index (κ3) is 3.88. The van der Waals surface area contributed by atoms with Crippen molar-refractivity contribution >= 4 is 5.97 Å². The van der Waals surface area contributed by atoms with Crippen molar-refractivity contribution in [1.82, 2.24) is 14.8 Å². The lowest BCUT2D eigenvalue weighted by Gasteiger charge is -2.39. The number of carbonyl (C=O) groups is 1. The first-order valence-electron chi connectivity index (χ1n) is 8.94. The molecule has 0 amide bonds. The summed E-state index contributed by atoms with van der Waals surface area (Å²) in [6, 6.07) is 3.28. The summed E-state index contributed by atoms with van der Waals surface area (Å²) in [7, 11) is 3.03. The van der Waals surface area contributed by atoms with E-state index in [9.17, 15) is 9.90 Å². The van der Waals surface area contributed by atoms with Crippen LogP contribution in [-0.4, -0.2) is 72.3 Å². The van der Waals surface area contributed by atoms with Crippen molar-refractivity contribution in [3.8, 4) is 11.8 Å². The third-order valence-electron chi connectivity index (χ3n) is 5.32. The number of likely N-dealkylation sites (tertiary alicyclic amines) is 2. The van der Waals surface area contributed by atoms with Gasteiger partial charge in [0.25, 0.3) is 0 Å². The molecular weight excluding hydrogens is 322 g/mol. The lowest BCUT2D eigenvalue weighted by molar-refractivity contribution is -0.144. The predicted molar refractivity (Wildman–Crippen MR) is 93.1 cm³/mol. The van der Waals surface area contributed by atoms with Crippen LogP contribution in [-0.2, 0) is 4.79 Å². The summed E-state index contributed by atoms with van der Waals surface area (Å²) < 4.78 is 10.4. The van der Waals surface area contributed by atoms with E-state index in [0.717, 1.165) is 25.9 Å². The van der Waals surface area contributed by atoms with Crippen molar-refractivity contribution in [2.45, 2.75) is 37.8 Å². The number of carboxylic acids is 1. The van der Waals surface area contributed by atoms with Gasteiger partial charge in [-0.25, -0.2) is 0 Å². The minimum absolute atomic E-state index is 0.313. The van der Waals surface area contributed by atoms with Gasteiger partial charge in [-0.15, -0.1) is 0 Å². The molecule has 2 fully saturated rings. The second-order valence-electron chi connectivity index (χ2n) is 6.70. The zero-order chi connectivity index (χ0) is 17.8. The Labute approximate surface area is 148 Å². The van der Waals surface area contributed by atoms with Crippen LogP contribution >= 0.6 is 0 Å². The molecule has 1 aromatic rings. The van der Waals surface area contributed by atoms with Gasteiger partial charge in [0.1, 0.15) is 6.04 Å². The van der Waals surface area contributed by atoms with E-state index in [4.69, 9.17) is 9.47 Å². The van der Waals surface area contributed by atoms with E-state index in [1.54, 1.807) is 12.1 Å². The van der Waals surface area contributed by atoms with E-state index in [-0.39, 0.29) is 0 Å². The number of rotatable bonds is 6. The summed E-state index contributed by atoms with van der Waals surface area (Å²) in [5, 5.41) is 9.84. The molecule has 25 heavy (non-hydrogen) atoms. The molecule has 0 unspecified atom stereocenters. The largest absolute Gasteiger partial charge is 0.481 e. The Kier molecular flexibility index (Phi) is 5.75. The Hall–Kier alpha value is -1.86. The molecule has 0 radical (unpaired) electrons. The maximum atomic E-state index is 12.0. The molecule has 2 saturated heterocycles. The summed E-state index contributed by atoms with van der Waals surface area (Å²) in [5.74, 6) is -0.143. The van der Waals surface area contributed by atoms with Crippen molar-refractivity contribution in [2.75, 3.05) is 40.4 Å². The van der Waals surface area contributed by atoms with Crippen molar-refractivity contribution in [3.05, 3.63) is 17.7 Å². The molecule has 7 nitrogen and oxygen atoms in total. The van der Waals surface area contributed by atoms with Crippen LogP contribution in [0.3, 0.4) is 0 Å². The first-order valence-corrected chi connectivity index (χ1v) is 8.94. The monoisotopic (exact) mass is 349 g/mol. The van der Waals surface area contributed by atoms with E-state index in [1.165, 1.54) is 40.2 Å². The molecule has 1 N–H and O–H groups in total. The Morgan fingerprint density at radius 1 is 1.16 bits per heavy atom. The molecule has 138 valence electrons. The minimum Gasteiger partial charge on any atom is -0.481 e. The van der Waals surface area contributed by atoms with Gasteiger partial charge in [0.15, 0.2) is 0 Å². The van der Waals surface area contributed by atoms with E-state index >= 15 is 0 Å². The Morgan fingerprint density at radius 3 is 2.40 bits per heavy atom. The highest BCUT2D eigenvalue weighted by Crippen LogP contribution is 2.33. The fourth-order valence-corrected chi connectivity index (χ4v) is 4.02. The van der Waals surface area contributed by atoms with Gasteiger partial charge in [0, 0.05) is 30.8 Å². The average molecular weight is 349 g/mol. The number of hydrogen-bond acceptors (Lipinski definition) is 6. The van der Waals surface area contributed by atoms with Crippen molar-refractivity contribution < 1.29 is 19.4 Å². The number of aromatic nitrogens is 1. The second-order valence-corrected chi connectivity index (χ2v) is 6.70. The van der Waals surface area contributed by atoms with Gasteiger partial charge in [-0.2, -0.15) is 4.98 Å². The SMILES string of the molecule is COc1ccc([C@@H](C(=O)O)N2CCC(N3CCCC3)CC2)c(OC)n1. The van der Waals surface area contributed by atoms with E-state index in [0.29, 0.717) is 23.4 Å². The van der Waals surface area contributed by atoms with Crippen LogP contribution in [0, 0.1) is 0 Å². The molecule has 2 aliphatic rings. The highest BCUT2D eigenvalue weighted by molar-refractivity contribution is 5.76. The van der Waals surface area contributed by atoms with Crippen LogP contribution in [0.15, 0.2) is 12.1 Å². The number of hydrogen-bond donors (Lipinski definition) is 1. The molecule has 2 aliphatic heterocycles. The summed E-state index contributed by atoms with van der Waals surface area (Å²) in [6.45, 7) is 3.91. The molecule has 0 bridgehead atoms. The van der Waals surface area contributed by atoms with Crippen LogP contribution in [0.5, 0.6) is 11.8 Å². The normalized spacial score (nSPS) is 21.2. The van der Waals surface area contributed by atoms with E-state index in [1.807, 2.05) is 4.90 Å². The summed E-state index contributed by atoms with van der Waals surface area (Å²) in [6.07, 6.45) is 4.59. The summed E-state index contributed by atoms with van der Waals surface area (Å²) in [5.41, 5.74) is 0.579. The van der Waals surface area contributed by atoms with Crippen LogP contribution in [0.2, 0.25) is 0 Å². The third-order valence-corrected chi connectivity index (χ3v) is 5.32. The lowest BCUT2D eigenvalue weighted by Crippen LogP contribution is -2.46. The summed E-state index contributed by atoms with van der Waals surface area (Å²) >= 11 is 0. The van der Waals surface area contributed by atoms with E-state index in [2.05, 4.69) is 9.88 Å². The number of carboxylic acid groups (broad SMARTS) is 1. The maximum Gasteiger partial charge on any atom is 0.325 e. The predicted octanol–water partition coefficient (Wildman–Crippen LogP) is 1.78. The van der Waals surface area contributed by atoms with E-state index < -0.39 is 12.0 Å². The first-order chi connectivity index (χ1) is 12.1. The van der Waals surface area contributed by atoms with Crippen molar-refractivity contribution in [3.63, 3.8) is 0 Å². The second kappa shape index (κ2) is 8.01. The van der Waals surface area contributed by atoms with Gasteiger partial charge in [-0.05, 0) is 44.8 Å². The molecule has 0 saturated carbocycles. The van der Waals surface area contributed by atoms with Gasteiger partial charge in [-0.3, -0.25) is 9.69 Å². The Balaban J connectivity index is 1.75. The number of piperidine rings is 1. The molecule has 3 rings (SSSR count). The van der Waals surface area contributed by atoms with Gasteiger partial charge < -0.3 is 19.5 Å². The van der Waals surface area contributed by atoms with Crippen LogP contribution in [0.4, 0.5) is 0 Å². The van der Waals surface area contributed by atoms with Crippen LogP contribution in [0.1, 0.15) is 37.3 Å². The molecule has 1 atom stereocenters. The van der Waals surface area contributed by atoms with Gasteiger partial charge in [0.2, 0.25) is 11.8 Å². The highest BCUT2D eigenvalue weighted by Gasteiger charge is 2.35. The standard InChI is InChI=1S/C18H27N3O4/c1-24-15-6-5-14(17(19-15)25-2)16(18(22)23)21-11-7-13(8-12-21)20-9-3-4-10-20/h5-6,13,16H,3-4,7-12H2,1-2H3,(H,22,23)/t16-/m0/s1. The van der Waals surface area contributed by atoms with Crippen molar-refractivity contribution in [2.24, 2.45) is 0 Å². The smallest absolute Gasteiger partial charge is 0.325 e. The number of pyridine rings is 1. The minimum atomic E-state index is -0.870. The molecule has 0 spiro atoms. The molecule has 7 heteroatoms. The Bertz CT molecular complexity index is 596. The lowest BCUT2D eigenvalue weighted by atomic mass is 9.99. The van der Waals surface area contributed by atoms with Gasteiger partial charge in [0.05, 0.1) is 14.2 Å². The average Bonchev–Trinajstić information content (AvgIpc) is 3.17. The van der Waals surface area contributed by atoms with Crippen LogP contribution in [0.25, 0.3) is 0 Å². The zero-order valence-electron chi connectivity index (χ0n) is 15.0. The molecule has 1 aromatic heterocycles. The number of methoxy groups -OCH3 is 2. The Morgan fingerprint density at radius 2 is 1.84 bits per heavy atom. The van der Waals surface area contributed by atoms with Crippen LogP contribution < -0.4 is 9.47 Å². The van der Waals surface area contributed by atoms with Gasteiger partial charge >= 0.3 is 5.97 Å². The molecule has 3 heterocycles. The first kappa shape index (κ1) is 17.9. The fourth-order valence-electron chi connectivity index (χ4n) is 4.02. The topological polar surface area (TPSA) is 75.1 Å². The quantitative estimate of drug-likeness (QED) is 0.839. The fraction of sp³-hybridized carbons (Fsp3) is 0.667. The molecule has 0 aliphatic carbocycles. The highest BCUT2D eigenvalue weighted by atomic mass is 16.5. The number of ether oxygens (including phenoxy) is 2. The maximum absolute atomic E-state index is 12.0. The van der Waals surface area contributed by atoms with Crippen molar-refractivity contribution in [1.29, 1.82) is 0 Å². The number of nitrogens with zero attached hydrogens (tertiary/aromatic N) is 3. The molecule has 0 aromatic carbocycles. The summed E-state index contributed by atoms with van der Waals surface area (Å²) in [4.78, 5) is 20.8.